The summed E-state index contributed by atoms with van der Waals surface area (Å²) in [5.74, 6) is 1.40. The van der Waals surface area contributed by atoms with Gasteiger partial charge in [0.05, 0.1) is 17.0 Å². The molecule has 2 unspecified atom stereocenters. The first-order chi connectivity index (χ1) is 17.8. The number of para-hydroxylation sites is 1. The third-order valence-electron chi connectivity index (χ3n) is 9.66. The Kier molecular flexibility index (Phi) is 6.51. The molecular formula is C29H41N5O3. The second kappa shape index (κ2) is 9.70. The molecule has 8 nitrogen and oxygen atoms in total. The average molecular weight is 508 g/mol. The average Bonchev–Trinajstić information content (AvgIpc) is 3.28. The molecule has 3 N–H and O–H groups in total. The molecule has 1 saturated heterocycles. The summed E-state index contributed by atoms with van der Waals surface area (Å²) < 4.78 is 1.91. The van der Waals surface area contributed by atoms with Crippen LogP contribution in [0.5, 0.6) is 0 Å². The smallest absolute Gasteiger partial charge is 0.272 e. The summed E-state index contributed by atoms with van der Waals surface area (Å²) in [5, 5.41) is 22.5. The maximum absolute atomic E-state index is 13.4. The molecule has 2 atom stereocenters. The number of fused-ring (bicyclic) bond motifs is 1. The van der Waals surface area contributed by atoms with Gasteiger partial charge in [-0.25, -0.2) is 0 Å². The second-order valence-corrected chi connectivity index (χ2v) is 12.5. The summed E-state index contributed by atoms with van der Waals surface area (Å²) in [4.78, 5) is 28.7. The van der Waals surface area contributed by atoms with E-state index >= 15 is 0 Å². The zero-order chi connectivity index (χ0) is 25.7. The van der Waals surface area contributed by atoms with Gasteiger partial charge in [0.25, 0.3) is 5.91 Å². The maximum atomic E-state index is 13.4. The molecule has 1 aromatic carbocycles. The molecule has 200 valence electrons. The van der Waals surface area contributed by atoms with Crippen molar-refractivity contribution in [1.82, 2.24) is 25.3 Å². The first-order valence-electron chi connectivity index (χ1n) is 14.3. The number of carbonyl (C=O) groups excluding carboxylic acids is 2. The summed E-state index contributed by atoms with van der Waals surface area (Å²) in [7, 11) is 0. The number of rotatable bonds is 7. The standard InChI is InChI=1S/C29H41N5O3/c1-18(2)34-24-6-4-3-5-23(24)25(32-34)27(36)30-9-12-33-10-7-22(8-11-33)31-28(37)29-15-19-13-20(16-29)26(35)21(14-19)17-29/h3-6,18-22,26,35H,7-17H2,1-2H3,(H,30,36)(H,31,37). The fourth-order valence-electron chi connectivity index (χ4n) is 7.98. The van der Waals surface area contributed by atoms with Crippen molar-refractivity contribution in [3.05, 3.63) is 30.0 Å². The number of hydrogen-bond acceptors (Lipinski definition) is 5. The van der Waals surface area contributed by atoms with Crippen LogP contribution in [-0.2, 0) is 4.79 Å². The molecule has 1 aliphatic heterocycles. The van der Waals surface area contributed by atoms with Gasteiger partial charge in [-0.3, -0.25) is 14.3 Å². The highest BCUT2D eigenvalue weighted by molar-refractivity contribution is 6.04. The number of aliphatic hydroxyl groups is 1. The van der Waals surface area contributed by atoms with Crippen LogP contribution in [0.4, 0.5) is 0 Å². The van der Waals surface area contributed by atoms with E-state index in [4.69, 9.17) is 0 Å². The van der Waals surface area contributed by atoms with Crippen molar-refractivity contribution >= 4 is 22.7 Å². The van der Waals surface area contributed by atoms with E-state index in [0.717, 1.165) is 75.5 Å². The first-order valence-corrected chi connectivity index (χ1v) is 14.3. The normalized spacial score (nSPS) is 31.8. The van der Waals surface area contributed by atoms with Gasteiger partial charge in [-0.2, -0.15) is 5.10 Å². The quantitative estimate of drug-likeness (QED) is 0.535. The molecule has 7 rings (SSSR count). The molecule has 5 aliphatic rings. The molecule has 1 aromatic heterocycles. The molecule has 0 spiro atoms. The van der Waals surface area contributed by atoms with Gasteiger partial charge in [0, 0.05) is 43.6 Å². The summed E-state index contributed by atoms with van der Waals surface area (Å²) in [6.07, 6.45) is 6.67. The fourth-order valence-corrected chi connectivity index (χ4v) is 7.98. The molecule has 0 radical (unpaired) electrons. The van der Waals surface area contributed by atoms with Crippen molar-refractivity contribution in [2.24, 2.45) is 23.2 Å². The Balaban J connectivity index is 0.972. The van der Waals surface area contributed by atoms with Crippen molar-refractivity contribution < 1.29 is 14.7 Å². The monoisotopic (exact) mass is 507 g/mol. The van der Waals surface area contributed by atoms with Crippen LogP contribution in [0, 0.1) is 23.2 Å². The number of nitrogens with one attached hydrogen (secondary N) is 2. The predicted molar refractivity (Wildman–Crippen MR) is 142 cm³/mol. The Morgan fingerprint density at radius 2 is 1.81 bits per heavy atom. The summed E-state index contributed by atoms with van der Waals surface area (Å²) in [6.45, 7) is 7.36. The van der Waals surface area contributed by atoms with E-state index in [1.807, 2.05) is 28.9 Å². The van der Waals surface area contributed by atoms with Crippen molar-refractivity contribution in [3.8, 4) is 0 Å². The lowest BCUT2D eigenvalue weighted by Crippen LogP contribution is -2.60. The van der Waals surface area contributed by atoms with Gasteiger partial charge in [-0.05, 0) is 82.6 Å². The summed E-state index contributed by atoms with van der Waals surface area (Å²) in [5.41, 5.74) is 1.24. The van der Waals surface area contributed by atoms with E-state index in [-0.39, 0.29) is 35.4 Å². The molecule has 8 heteroatoms. The highest BCUT2D eigenvalue weighted by atomic mass is 16.3. The number of nitrogens with zero attached hydrogens (tertiary/aromatic N) is 3. The van der Waals surface area contributed by atoms with Gasteiger partial charge in [0.2, 0.25) is 5.91 Å². The highest BCUT2D eigenvalue weighted by Crippen LogP contribution is 2.60. The van der Waals surface area contributed by atoms with Gasteiger partial charge in [-0.15, -0.1) is 0 Å². The van der Waals surface area contributed by atoms with Crippen LogP contribution in [0.1, 0.15) is 75.3 Å². The van der Waals surface area contributed by atoms with Crippen LogP contribution in [0.3, 0.4) is 0 Å². The van der Waals surface area contributed by atoms with Crippen LogP contribution in [-0.4, -0.2) is 69.9 Å². The van der Waals surface area contributed by atoms with Crippen molar-refractivity contribution in [3.63, 3.8) is 0 Å². The third-order valence-corrected chi connectivity index (χ3v) is 9.66. The number of hydrogen-bond donors (Lipinski definition) is 3. The maximum Gasteiger partial charge on any atom is 0.272 e. The van der Waals surface area contributed by atoms with Gasteiger partial charge in [0.15, 0.2) is 5.69 Å². The molecule has 4 aliphatic carbocycles. The Morgan fingerprint density at radius 1 is 1.11 bits per heavy atom. The van der Waals surface area contributed by atoms with E-state index < -0.39 is 0 Å². The molecule has 4 saturated carbocycles. The number of likely N-dealkylation sites (tertiary alicyclic amines) is 1. The molecule has 2 heterocycles. The zero-order valence-corrected chi connectivity index (χ0v) is 22.2. The van der Waals surface area contributed by atoms with E-state index in [9.17, 15) is 14.7 Å². The molecule has 4 bridgehead atoms. The van der Waals surface area contributed by atoms with Gasteiger partial charge < -0.3 is 20.6 Å². The SMILES string of the molecule is CC(C)n1nc(C(=O)NCCN2CCC(NC(=O)C34CC5CC(C3)C(O)C(C5)C4)CC2)c2ccccc21. The Labute approximate surface area is 219 Å². The third kappa shape index (κ3) is 4.56. The topological polar surface area (TPSA) is 99.5 Å². The molecule has 5 fully saturated rings. The summed E-state index contributed by atoms with van der Waals surface area (Å²) >= 11 is 0. The minimum absolute atomic E-state index is 0.126. The number of aromatic nitrogens is 2. The van der Waals surface area contributed by atoms with Crippen LogP contribution < -0.4 is 10.6 Å². The van der Waals surface area contributed by atoms with Crippen molar-refractivity contribution in [1.29, 1.82) is 0 Å². The van der Waals surface area contributed by atoms with E-state index in [1.54, 1.807) is 0 Å². The largest absolute Gasteiger partial charge is 0.393 e. The number of aliphatic hydroxyl groups excluding tert-OH is 1. The lowest BCUT2D eigenvalue weighted by molar-refractivity contribution is -0.163. The lowest BCUT2D eigenvalue weighted by Gasteiger charge is -2.58. The second-order valence-electron chi connectivity index (χ2n) is 12.5. The van der Waals surface area contributed by atoms with E-state index in [2.05, 4.69) is 34.5 Å². The zero-order valence-electron chi connectivity index (χ0n) is 22.2. The minimum atomic E-state index is -0.232. The van der Waals surface area contributed by atoms with Gasteiger partial charge in [-0.1, -0.05) is 18.2 Å². The predicted octanol–water partition coefficient (Wildman–Crippen LogP) is 3.11. The number of piperidine rings is 1. The number of amides is 2. The van der Waals surface area contributed by atoms with Crippen molar-refractivity contribution in [2.45, 2.75) is 77.0 Å². The van der Waals surface area contributed by atoms with E-state index in [1.165, 1.54) is 0 Å². The molecule has 2 amide bonds. The Hall–Kier alpha value is -2.45. The van der Waals surface area contributed by atoms with E-state index in [0.29, 0.717) is 30.0 Å². The first kappa shape index (κ1) is 24.9. The highest BCUT2D eigenvalue weighted by Gasteiger charge is 2.58. The number of carbonyl (C=O) groups is 2. The van der Waals surface area contributed by atoms with Gasteiger partial charge in [0.1, 0.15) is 0 Å². The lowest BCUT2D eigenvalue weighted by atomic mass is 9.48. The minimum Gasteiger partial charge on any atom is -0.393 e. The number of benzene rings is 1. The van der Waals surface area contributed by atoms with Crippen LogP contribution in [0.25, 0.3) is 10.9 Å². The van der Waals surface area contributed by atoms with Crippen LogP contribution >= 0.6 is 0 Å². The Morgan fingerprint density at radius 3 is 2.51 bits per heavy atom. The summed E-state index contributed by atoms with van der Waals surface area (Å²) in [6, 6.07) is 8.30. The fraction of sp³-hybridized carbons (Fsp3) is 0.690. The Bertz CT molecular complexity index is 1150. The van der Waals surface area contributed by atoms with Crippen LogP contribution in [0.2, 0.25) is 0 Å². The molecule has 37 heavy (non-hydrogen) atoms. The van der Waals surface area contributed by atoms with Crippen LogP contribution in [0.15, 0.2) is 24.3 Å². The molecule has 2 aromatic rings. The molecular weight excluding hydrogens is 466 g/mol. The van der Waals surface area contributed by atoms with Crippen molar-refractivity contribution in [2.75, 3.05) is 26.2 Å². The van der Waals surface area contributed by atoms with Gasteiger partial charge >= 0.3 is 0 Å².